The fourth-order valence-corrected chi connectivity index (χ4v) is 3.02. The first kappa shape index (κ1) is 14.3. The van der Waals surface area contributed by atoms with Gasteiger partial charge < -0.3 is 0 Å². The number of allylic oxidation sites excluding steroid dienone is 1. The molecule has 0 atom stereocenters. The number of nitrogens with zero attached hydrogens (tertiary/aromatic N) is 1. The Hall–Kier alpha value is -2.09. The molecule has 2 aromatic rings. The zero-order chi connectivity index (χ0) is 14.6. The third-order valence-corrected chi connectivity index (χ3v) is 4.52. The minimum absolute atomic E-state index is 0.0924. The van der Waals surface area contributed by atoms with E-state index in [1.54, 1.807) is 48.5 Å². The van der Waals surface area contributed by atoms with E-state index in [9.17, 15) is 8.42 Å². The molecule has 5 heteroatoms. The number of sulfone groups is 1. The van der Waals surface area contributed by atoms with Gasteiger partial charge in [0.15, 0.2) is 0 Å². The summed E-state index contributed by atoms with van der Waals surface area (Å²) in [6.07, 6.45) is 1.31. The minimum atomic E-state index is -3.81. The first-order valence-corrected chi connectivity index (χ1v) is 7.57. The predicted molar refractivity (Wildman–Crippen MR) is 78.7 cm³/mol. The Kier molecular flexibility index (Phi) is 4.23. The summed E-state index contributed by atoms with van der Waals surface area (Å²) in [7, 11) is -3.81. The maximum Gasteiger partial charge on any atom is 0.216 e. The second-order valence-electron chi connectivity index (χ2n) is 3.99. The van der Waals surface area contributed by atoms with Crippen LogP contribution in [0.5, 0.6) is 0 Å². The summed E-state index contributed by atoms with van der Waals surface area (Å²) in [4.78, 5) is -0.221. The number of nitriles is 1. The van der Waals surface area contributed by atoms with Crippen LogP contribution in [0, 0.1) is 11.3 Å². The average molecular weight is 304 g/mol. The Labute approximate surface area is 122 Å². The van der Waals surface area contributed by atoms with E-state index in [4.69, 9.17) is 16.9 Å². The summed E-state index contributed by atoms with van der Waals surface area (Å²) < 4.78 is 24.7. The highest BCUT2D eigenvalue weighted by atomic mass is 35.5. The van der Waals surface area contributed by atoms with Gasteiger partial charge in [0, 0.05) is 5.02 Å². The molecule has 0 aliphatic rings. The summed E-state index contributed by atoms with van der Waals surface area (Å²) in [6.45, 7) is 0. The first-order valence-electron chi connectivity index (χ1n) is 5.71. The van der Waals surface area contributed by atoms with Gasteiger partial charge >= 0.3 is 0 Å². The van der Waals surface area contributed by atoms with Gasteiger partial charge in [-0.3, -0.25) is 0 Å². The maximum absolute atomic E-state index is 12.3. The van der Waals surface area contributed by atoms with Gasteiger partial charge in [0.25, 0.3) is 0 Å². The fourth-order valence-electron chi connectivity index (χ4n) is 1.64. The highest BCUT2D eigenvalue weighted by Crippen LogP contribution is 2.21. The largest absolute Gasteiger partial charge is 0.218 e. The normalized spacial score (nSPS) is 11.9. The van der Waals surface area contributed by atoms with Gasteiger partial charge in [0.05, 0.1) is 4.90 Å². The van der Waals surface area contributed by atoms with Crippen molar-refractivity contribution in [3.8, 4) is 6.07 Å². The molecule has 0 spiro atoms. The maximum atomic E-state index is 12.3. The molecule has 0 aliphatic heterocycles. The molecule has 2 rings (SSSR count). The molecular weight excluding hydrogens is 294 g/mol. The monoisotopic (exact) mass is 303 g/mol. The predicted octanol–water partition coefficient (Wildman–Crippen LogP) is 3.68. The third kappa shape index (κ3) is 3.08. The second-order valence-corrected chi connectivity index (χ2v) is 6.35. The van der Waals surface area contributed by atoms with Crippen molar-refractivity contribution in [3.63, 3.8) is 0 Å². The molecule has 20 heavy (non-hydrogen) atoms. The van der Waals surface area contributed by atoms with Crippen LogP contribution >= 0.6 is 11.6 Å². The SMILES string of the molecule is N#C/C(=C\c1cccc(Cl)c1)S(=O)(=O)c1ccccc1. The standard InChI is InChI=1S/C15H10ClNO2S/c16-13-6-4-5-12(9-13)10-15(11-17)20(18,19)14-7-2-1-3-8-14/h1-10H/b15-10+. The number of hydrogen-bond acceptors (Lipinski definition) is 3. The summed E-state index contributed by atoms with van der Waals surface area (Å²) in [6, 6.07) is 16.2. The Morgan fingerprint density at radius 3 is 2.40 bits per heavy atom. The molecule has 0 saturated heterocycles. The number of hydrogen-bond donors (Lipinski definition) is 0. The minimum Gasteiger partial charge on any atom is -0.218 e. The van der Waals surface area contributed by atoms with E-state index in [0.29, 0.717) is 10.6 Å². The molecule has 0 radical (unpaired) electrons. The molecule has 0 aliphatic carbocycles. The van der Waals surface area contributed by atoms with Gasteiger partial charge in [-0.2, -0.15) is 5.26 Å². The van der Waals surface area contributed by atoms with Crippen LogP contribution in [0.1, 0.15) is 5.56 Å². The summed E-state index contributed by atoms with van der Waals surface area (Å²) in [5, 5.41) is 9.60. The van der Waals surface area contributed by atoms with E-state index in [2.05, 4.69) is 0 Å². The van der Waals surface area contributed by atoms with Crippen LogP contribution in [0.15, 0.2) is 64.4 Å². The van der Waals surface area contributed by atoms with Gasteiger partial charge in [0.2, 0.25) is 9.84 Å². The molecule has 0 amide bonds. The zero-order valence-electron chi connectivity index (χ0n) is 10.3. The van der Waals surface area contributed by atoms with Crippen molar-refractivity contribution in [2.24, 2.45) is 0 Å². The van der Waals surface area contributed by atoms with Crippen molar-refractivity contribution in [2.75, 3.05) is 0 Å². The van der Waals surface area contributed by atoms with E-state index in [-0.39, 0.29) is 9.80 Å². The molecular formula is C15H10ClNO2S. The molecule has 0 heterocycles. The smallest absolute Gasteiger partial charge is 0.216 e. The summed E-state index contributed by atoms with van der Waals surface area (Å²) in [5.74, 6) is 0. The van der Waals surface area contributed by atoms with Crippen molar-refractivity contribution in [3.05, 3.63) is 70.1 Å². The second kappa shape index (κ2) is 5.91. The van der Waals surface area contributed by atoms with Crippen molar-refractivity contribution in [1.29, 1.82) is 5.26 Å². The van der Waals surface area contributed by atoms with Crippen LogP contribution in [0.4, 0.5) is 0 Å². The first-order chi connectivity index (χ1) is 9.54. The lowest BCUT2D eigenvalue weighted by Gasteiger charge is -2.03. The van der Waals surface area contributed by atoms with Crippen LogP contribution in [-0.2, 0) is 9.84 Å². The molecule has 0 unspecified atom stereocenters. The van der Waals surface area contributed by atoms with E-state index < -0.39 is 9.84 Å². The molecule has 0 saturated carbocycles. The van der Waals surface area contributed by atoms with Gasteiger partial charge in [-0.15, -0.1) is 0 Å². The number of rotatable bonds is 3. The lowest BCUT2D eigenvalue weighted by atomic mass is 10.2. The Balaban J connectivity index is 2.51. The molecule has 0 aromatic heterocycles. The van der Waals surface area contributed by atoms with Gasteiger partial charge in [-0.05, 0) is 35.9 Å². The number of halogens is 1. The lowest BCUT2D eigenvalue weighted by Crippen LogP contribution is -2.03. The van der Waals surface area contributed by atoms with Gasteiger partial charge in [-0.25, -0.2) is 8.42 Å². The molecule has 3 nitrogen and oxygen atoms in total. The molecule has 0 fully saturated rings. The van der Waals surface area contributed by atoms with E-state index >= 15 is 0 Å². The fraction of sp³-hybridized carbons (Fsp3) is 0. The van der Waals surface area contributed by atoms with E-state index in [1.807, 2.05) is 0 Å². The quantitative estimate of drug-likeness (QED) is 0.813. The van der Waals surface area contributed by atoms with Gasteiger partial charge in [0.1, 0.15) is 11.0 Å². The molecule has 0 bridgehead atoms. The Morgan fingerprint density at radius 2 is 1.80 bits per heavy atom. The number of benzene rings is 2. The van der Waals surface area contributed by atoms with Crippen LogP contribution in [0.25, 0.3) is 6.08 Å². The van der Waals surface area contributed by atoms with Crippen molar-refractivity contribution >= 4 is 27.5 Å². The zero-order valence-corrected chi connectivity index (χ0v) is 11.9. The average Bonchev–Trinajstić information content (AvgIpc) is 2.45. The van der Waals surface area contributed by atoms with Gasteiger partial charge in [-0.1, -0.05) is 41.9 Å². The van der Waals surface area contributed by atoms with Crippen molar-refractivity contribution in [2.45, 2.75) is 4.90 Å². The molecule has 0 N–H and O–H groups in total. The summed E-state index contributed by atoms with van der Waals surface area (Å²) in [5.41, 5.74) is 0.563. The van der Waals surface area contributed by atoms with Crippen LogP contribution in [0.3, 0.4) is 0 Å². The highest BCUT2D eigenvalue weighted by Gasteiger charge is 2.20. The molecule has 100 valence electrons. The van der Waals surface area contributed by atoms with Crippen LogP contribution in [-0.4, -0.2) is 8.42 Å². The van der Waals surface area contributed by atoms with E-state index in [0.717, 1.165) is 0 Å². The molecule has 2 aromatic carbocycles. The van der Waals surface area contributed by atoms with Crippen molar-refractivity contribution < 1.29 is 8.42 Å². The van der Waals surface area contributed by atoms with Crippen molar-refractivity contribution in [1.82, 2.24) is 0 Å². The Bertz CT molecular complexity index is 790. The highest BCUT2D eigenvalue weighted by molar-refractivity contribution is 7.95. The third-order valence-electron chi connectivity index (χ3n) is 2.60. The Morgan fingerprint density at radius 1 is 1.10 bits per heavy atom. The lowest BCUT2D eigenvalue weighted by molar-refractivity contribution is 0.603. The van der Waals surface area contributed by atoms with Crippen LogP contribution in [0.2, 0.25) is 5.02 Å². The topological polar surface area (TPSA) is 57.9 Å². The van der Waals surface area contributed by atoms with Crippen LogP contribution < -0.4 is 0 Å². The summed E-state index contributed by atoms with van der Waals surface area (Å²) >= 11 is 5.84. The van der Waals surface area contributed by atoms with E-state index in [1.165, 1.54) is 18.2 Å².